The van der Waals surface area contributed by atoms with Crippen LogP contribution in [0.15, 0.2) is 18.2 Å². The molecule has 1 aliphatic heterocycles. The average Bonchev–Trinajstić information content (AvgIpc) is 2.54. The summed E-state index contributed by atoms with van der Waals surface area (Å²) in [6, 6.07) is 6.25. The average molecular weight is 331 g/mol. The molecule has 0 spiro atoms. The molecular formula is C19H30BNO3. The predicted octanol–water partition coefficient (Wildman–Crippen LogP) is 3.03. The monoisotopic (exact) mass is 331 g/mol. The van der Waals surface area contributed by atoms with Gasteiger partial charge in [-0.05, 0) is 64.6 Å². The lowest BCUT2D eigenvalue weighted by molar-refractivity contribution is 0.0688. The van der Waals surface area contributed by atoms with E-state index in [9.17, 15) is 4.79 Å². The Hall–Kier alpha value is -1.33. The van der Waals surface area contributed by atoms with E-state index in [4.69, 9.17) is 9.31 Å². The van der Waals surface area contributed by atoms with Gasteiger partial charge in [-0.15, -0.1) is 0 Å². The lowest BCUT2D eigenvalue weighted by atomic mass is 9.75. The summed E-state index contributed by atoms with van der Waals surface area (Å²) < 4.78 is 12.0. The van der Waals surface area contributed by atoms with Crippen LogP contribution in [0, 0.1) is 0 Å². The summed E-state index contributed by atoms with van der Waals surface area (Å²) >= 11 is 0. The molecule has 0 radical (unpaired) electrons. The number of hydrogen-bond donors (Lipinski definition) is 0. The van der Waals surface area contributed by atoms with Gasteiger partial charge < -0.3 is 14.2 Å². The van der Waals surface area contributed by atoms with Crippen molar-refractivity contribution in [3.05, 3.63) is 29.3 Å². The fourth-order valence-corrected chi connectivity index (χ4v) is 2.87. The third kappa shape index (κ3) is 4.20. The van der Waals surface area contributed by atoms with E-state index in [0.717, 1.165) is 36.0 Å². The van der Waals surface area contributed by atoms with Gasteiger partial charge in [0, 0.05) is 30.4 Å². The first-order chi connectivity index (χ1) is 11.3. The standard InChI is InChI=1S/C19H30BNO3/c1-7-19(5,6)24-20(23-8-2)16-10-9-15-11-12-21(14(3)4)18(22)17(15)13-16/h9-10,13-14H,7-8,11-12H2,1-6H3. The van der Waals surface area contributed by atoms with Crippen molar-refractivity contribution in [3.8, 4) is 0 Å². The third-order valence-corrected chi connectivity index (χ3v) is 4.74. The Morgan fingerprint density at radius 2 is 2.00 bits per heavy atom. The van der Waals surface area contributed by atoms with Gasteiger partial charge in [-0.25, -0.2) is 0 Å². The van der Waals surface area contributed by atoms with E-state index in [1.54, 1.807) is 0 Å². The van der Waals surface area contributed by atoms with Gasteiger partial charge in [0.05, 0.1) is 0 Å². The van der Waals surface area contributed by atoms with Gasteiger partial charge >= 0.3 is 7.12 Å². The highest BCUT2D eigenvalue weighted by atomic mass is 16.6. The van der Waals surface area contributed by atoms with Gasteiger partial charge in [0.2, 0.25) is 0 Å². The smallest absolute Gasteiger partial charge is 0.408 e. The first kappa shape index (κ1) is 19.0. The third-order valence-electron chi connectivity index (χ3n) is 4.74. The summed E-state index contributed by atoms with van der Waals surface area (Å²) in [5.41, 5.74) is 2.54. The Morgan fingerprint density at radius 3 is 2.58 bits per heavy atom. The Bertz CT molecular complexity index is 586. The lowest BCUT2D eigenvalue weighted by Gasteiger charge is -2.33. The quantitative estimate of drug-likeness (QED) is 0.721. The van der Waals surface area contributed by atoms with Crippen LogP contribution in [0.2, 0.25) is 0 Å². The molecule has 0 aliphatic carbocycles. The molecule has 1 amide bonds. The summed E-state index contributed by atoms with van der Waals surface area (Å²) in [7, 11) is -0.447. The summed E-state index contributed by atoms with van der Waals surface area (Å²) in [5, 5.41) is 0. The SMILES string of the molecule is CCOB(OC(C)(C)CC)c1ccc2c(c1)C(=O)N(C(C)C)CC2. The number of fused-ring (bicyclic) bond motifs is 1. The van der Waals surface area contributed by atoms with Crippen molar-refractivity contribution in [2.45, 2.75) is 66.0 Å². The molecule has 0 saturated carbocycles. The van der Waals surface area contributed by atoms with E-state index < -0.39 is 7.12 Å². The Morgan fingerprint density at radius 1 is 1.29 bits per heavy atom. The maximum absolute atomic E-state index is 12.8. The van der Waals surface area contributed by atoms with E-state index in [1.165, 1.54) is 0 Å². The zero-order valence-electron chi connectivity index (χ0n) is 15.9. The maximum Gasteiger partial charge on any atom is 0.494 e. The van der Waals surface area contributed by atoms with Crippen molar-refractivity contribution in [1.29, 1.82) is 0 Å². The maximum atomic E-state index is 12.8. The molecule has 0 fully saturated rings. The normalized spacial score (nSPS) is 15.0. The molecular weight excluding hydrogens is 301 g/mol. The van der Waals surface area contributed by atoms with Crippen LogP contribution in [0.4, 0.5) is 0 Å². The highest BCUT2D eigenvalue weighted by Gasteiger charge is 2.32. The van der Waals surface area contributed by atoms with Crippen LogP contribution in [0.1, 0.15) is 63.9 Å². The molecule has 1 aromatic rings. The van der Waals surface area contributed by atoms with E-state index in [2.05, 4.69) is 40.7 Å². The first-order valence-corrected chi connectivity index (χ1v) is 9.02. The van der Waals surface area contributed by atoms with Gasteiger partial charge in [-0.1, -0.05) is 19.1 Å². The fourth-order valence-electron chi connectivity index (χ4n) is 2.87. The number of carbonyl (C=O) groups excluding carboxylic acids is 1. The Labute approximate surface area is 146 Å². The molecule has 0 saturated heterocycles. The van der Waals surface area contributed by atoms with Gasteiger partial charge in [0.25, 0.3) is 5.91 Å². The van der Waals surface area contributed by atoms with Crippen molar-refractivity contribution in [3.63, 3.8) is 0 Å². The van der Waals surface area contributed by atoms with E-state index in [0.29, 0.717) is 6.61 Å². The largest absolute Gasteiger partial charge is 0.494 e. The minimum Gasteiger partial charge on any atom is -0.408 e. The van der Waals surface area contributed by atoms with Gasteiger partial charge in [-0.3, -0.25) is 4.79 Å². The predicted molar refractivity (Wildman–Crippen MR) is 98.8 cm³/mol. The molecule has 1 aliphatic rings. The molecule has 5 heteroatoms. The summed E-state index contributed by atoms with van der Waals surface area (Å²) in [5.74, 6) is 0.109. The van der Waals surface area contributed by atoms with Crippen molar-refractivity contribution >= 4 is 18.5 Å². The van der Waals surface area contributed by atoms with Crippen LogP contribution in [0.25, 0.3) is 0 Å². The van der Waals surface area contributed by atoms with Crippen LogP contribution >= 0.6 is 0 Å². The minimum atomic E-state index is -0.447. The second kappa shape index (κ2) is 7.71. The molecule has 132 valence electrons. The summed E-state index contributed by atoms with van der Waals surface area (Å²) in [6.07, 6.45) is 1.79. The molecule has 0 N–H and O–H groups in total. The number of amides is 1. The fraction of sp³-hybridized carbons (Fsp3) is 0.632. The molecule has 0 aromatic heterocycles. The molecule has 24 heavy (non-hydrogen) atoms. The van der Waals surface area contributed by atoms with Crippen LogP contribution in [0.3, 0.4) is 0 Å². The molecule has 1 heterocycles. The Balaban J connectivity index is 2.32. The van der Waals surface area contributed by atoms with Crippen molar-refractivity contribution < 1.29 is 14.1 Å². The highest BCUT2D eigenvalue weighted by Crippen LogP contribution is 2.21. The van der Waals surface area contributed by atoms with Gasteiger partial charge in [0.1, 0.15) is 0 Å². The van der Waals surface area contributed by atoms with Crippen LogP contribution in [0.5, 0.6) is 0 Å². The van der Waals surface area contributed by atoms with Gasteiger partial charge in [-0.2, -0.15) is 0 Å². The zero-order valence-corrected chi connectivity index (χ0v) is 15.9. The van der Waals surface area contributed by atoms with E-state index in [1.807, 2.05) is 24.0 Å². The molecule has 4 nitrogen and oxygen atoms in total. The number of benzene rings is 1. The minimum absolute atomic E-state index is 0.109. The second-order valence-electron chi connectivity index (χ2n) is 7.28. The summed E-state index contributed by atoms with van der Waals surface area (Å²) in [4.78, 5) is 14.7. The van der Waals surface area contributed by atoms with Crippen molar-refractivity contribution in [2.24, 2.45) is 0 Å². The molecule has 0 unspecified atom stereocenters. The molecule has 1 aromatic carbocycles. The van der Waals surface area contributed by atoms with Crippen LogP contribution in [-0.4, -0.2) is 42.7 Å². The topological polar surface area (TPSA) is 38.8 Å². The number of carbonyl (C=O) groups is 1. The highest BCUT2D eigenvalue weighted by molar-refractivity contribution is 6.61. The molecule has 2 rings (SSSR count). The molecule has 0 bridgehead atoms. The number of nitrogens with zero attached hydrogens (tertiary/aromatic N) is 1. The van der Waals surface area contributed by atoms with Crippen LogP contribution in [-0.2, 0) is 15.7 Å². The first-order valence-electron chi connectivity index (χ1n) is 9.02. The zero-order chi connectivity index (χ0) is 17.9. The lowest BCUT2D eigenvalue weighted by Crippen LogP contribution is -2.46. The van der Waals surface area contributed by atoms with Crippen LogP contribution < -0.4 is 5.46 Å². The molecule has 0 atom stereocenters. The Kier molecular flexibility index (Phi) is 6.10. The van der Waals surface area contributed by atoms with Gasteiger partial charge in [0.15, 0.2) is 0 Å². The number of rotatable bonds is 7. The van der Waals surface area contributed by atoms with Crippen molar-refractivity contribution in [1.82, 2.24) is 4.90 Å². The van der Waals surface area contributed by atoms with E-state index in [-0.39, 0.29) is 17.6 Å². The second-order valence-corrected chi connectivity index (χ2v) is 7.28. The summed E-state index contributed by atoms with van der Waals surface area (Å²) in [6.45, 7) is 13.6. The van der Waals surface area contributed by atoms with Crippen molar-refractivity contribution in [2.75, 3.05) is 13.2 Å². The number of hydrogen-bond acceptors (Lipinski definition) is 3. The van der Waals surface area contributed by atoms with E-state index >= 15 is 0 Å².